The molecule has 1 aliphatic carbocycles. The zero-order valence-corrected chi connectivity index (χ0v) is 14.0. The lowest BCUT2D eigenvalue weighted by Crippen LogP contribution is -2.37. The monoisotopic (exact) mass is 318 g/mol. The van der Waals surface area contributed by atoms with Crippen LogP contribution in [-0.2, 0) is 4.79 Å². The van der Waals surface area contributed by atoms with Gasteiger partial charge in [0.15, 0.2) is 0 Å². The molecule has 0 unspecified atom stereocenters. The predicted octanol–water partition coefficient (Wildman–Crippen LogP) is 3.83. The van der Waals surface area contributed by atoms with E-state index in [1.807, 2.05) is 11.8 Å². The van der Waals surface area contributed by atoms with Crippen LogP contribution in [0.15, 0.2) is 29.2 Å². The van der Waals surface area contributed by atoms with Crippen molar-refractivity contribution in [1.29, 1.82) is 0 Å². The zero-order valence-electron chi connectivity index (χ0n) is 13.2. The molecule has 3 rings (SSSR count). The molecule has 0 spiro atoms. The van der Waals surface area contributed by atoms with Gasteiger partial charge in [-0.2, -0.15) is 0 Å². The van der Waals surface area contributed by atoms with E-state index in [1.165, 1.54) is 42.7 Å². The number of benzene rings is 1. The fraction of sp³-hybridized carbons (Fsp3) is 0.611. The molecule has 1 saturated carbocycles. The lowest BCUT2D eigenvalue weighted by Gasteiger charge is -2.30. The second kappa shape index (κ2) is 7.91. The summed E-state index contributed by atoms with van der Waals surface area (Å²) < 4.78 is 0. The van der Waals surface area contributed by atoms with Gasteiger partial charge in [-0.1, -0.05) is 31.4 Å². The summed E-state index contributed by atoms with van der Waals surface area (Å²) in [6, 6.07) is 9.04. The van der Waals surface area contributed by atoms with E-state index in [2.05, 4.69) is 34.5 Å². The van der Waals surface area contributed by atoms with Gasteiger partial charge in [-0.25, -0.2) is 0 Å². The maximum atomic E-state index is 12.1. The zero-order chi connectivity index (χ0) is 15.2. The molecule has 0 radical (unpaired) electrons. The van der Waals surface area contributed by atoms with Gasteiger partial charge in [0.2, 0.25) is 5.91 Å². The first-order valence-corrected chi connectivity index (χ1v) is 9.57. The molecule has 1 fully saturated rings. The first-order valence-electron chi connectivity index (χ1n) is 8.59. The maximum absolute atomic E-state index is 12.1. The molecule has 2 aliphatic rings. The molecule has 1 heterocycles. The Balaban J connectivity index is 1.42. The Bertz CT molecular complexity index is 500. The number of fused-ring (bicyclic) bond motifs is 1. The number of thioether (sulfide) groups is 1. The van der Waals surface area contributed by atoms with Crippen LogP contribution in [0.4, 0.5) is 5.69 Å². The Morgan fingerprint density at radius 1 is 1.23 bits per heavy atom. The SMILES string of the molecule is O=C(CCCN1CCSc2ccccc21)NC1CCCCC1. The third-order valence-corrected chi connectivity index (χ3v) is 5.67. The van der Waals surface area contributed by atoms with Gasteiger partial charge in [0.25, 0.3) is 0 Å². The number of amides is 1. The summed E-state index contributed by atoms with van der Waals surface area (Å²) in [4.78, 5) is 15.9. The third-order valence-electron chi connectivity index (χ3n) is 4.63. The van der Waals surface area contributed by atoms with Crippen LogP contribution < -0.4 is 10.2 Å². The molecule has 3 nitrogen and oxygen atoms in total. The highest BCUT2D eigenvalue weighted by molar-refractivity contribution is 7.99. The summed E-state index contributed by atoms with van der Waals surface area (Å²) in [7, 11) is 0. The van der Waals surface area contributed by atoms with E-state index in [0.29, 0.717) is 12.5 Å². The average Bonchev–Trinajstić information content (AvgIpc) is 2.56. The van der Waals surface area contributed by atoms with E-state index in [9.17, 15) is 4.79 Å². The molecule has 0 bridgehead atoms. The number of hydrogen-bond donors (Lipinski definition) is 1. The normalized spacial score (nSPS) is 18.8. The van der Waals surface area contributed by atoms with E-state index in [0.717, 1.165) is 25.3 Å². The van der Waals surface area contributed by atoms with E-state index >= 15 is 0 Å². The number of nitrogens with zero attached hydrogens (tertiary/aromatic N) is 1. The van der Waals surface area contributed by atoms with E-state index in [-0.39, 0.29) is 5.91 Å². The van der Waals surface area contributed by atoms with Gasteiger partial charge in [0.05, 0.1) is 5.69 Å². The third kappa shape index (κ3) is 4.19. The molecule has 0 aromatic heterocycles. The molecule has 0 atom stereocenters. The molecular weight excluding hydrogens is 292 g/mol. The van der Waals surface area contributed by atoms with Crippen LogP contribution in [0, 0.1) is 0 Å². The largest absolute Gasteiger partial charge is 0.370 e. The van der Waals surface area contributed by atoms with E-state index in [4.69, 9.17) is 0 Å². The van der Waals surface area contributed by atoms with Crippen LogP contribution in [-0.4, -0.2) is 30.8 Å². The lowest BCUT2D eigenvalue weighted by atomic mass is 9.95. The highest BCUT2D eigenvalue weighted by Crippen LogP contribution is 2.34. The van der Waals surface area contributed by atoms with Crippen molar-refractivity contribution in [2.75, 3.05) is 23.7 Å². The smallest absolute Gasteiger partial charge is 0.220 e. The Morgan fingerprint density at radius 2 is 2.05 bits per heavy atom. The van der Waals surface area contributed by atoms with Crippen LogP contribution in [0.2, 0.25) is 0 Å². The van der Waals surface area contributed by atoms with Gasteiger partial charge in [0.1, 0.15) is 0 Å². The number of rotatable bonds is 5. The number of anilines is 1. The van der Waals surface area contributed by atoms with Crippen molar-refractivity contribution in [3.05, 3.63) is 24.3 Å². The number of hydrogen-bond acceptors (Lipinski definition) is 3. The highest BCUT2D eigenvalue weighted by atomic mass is 32.2. The van der Waals surface area contributed by atoms with Crippen molar-refractivity contribution < 1.29 is 4.79 Å². The minimum absolute atomic E-state index is 0.242. The fourth-order valence-electron chi connectivity index (χ4n) is 3.44. The van der Waals surface area contributed by atoms with Gasteiger partial charge in [-0.05, 0) is 31.4 Å². The topological polar surface area (TPSA) is 32.3 Å². The van der Waals surface area contributed by atoms with Gasteiger partial charge in [0, 0.05) is 36.2 Å². The number of carbonyl (C=O) groups is 1. The second-order valence-electron chi connectivity index (χ2n) is 6.31. The van der Waals surface area contributed by atoms with E-state index < -0.39 is 0 Å². The molecule has 0 saturated heterocycles. The first-order chi connectivity index (χ1) is 10.8. The Hall–Kier alpha value is -1.16. The summed E-state index contributed by atoms with van der Waals surface area (Å²) >= 11 is 1.93. The van der Waals surface area contributed by atoms with Crippen molar-refractivity contribution in [2.24, 2.45) is 0 Å². The van der Waals surface area contributed by atoms with Crippen LogP contribution in [0.25, 0.3) is 0 Å². The first kappa shape index (κ1) is 15.7. The summed E-state index contributed by atoms with van der Waals surface area (Å²) in [6.45, 7) is 2.07. The number of nitrogens with one attached hydrogen (secondary N) is 1. The van der Waals surface area contributed by atoms with E-state index in [1.54, 1.807) is 0 Å². The Kier molecular flexibility index (Phi) is 5.65. The molecule has 1 aliphatic heterocycles. The molecule has 1 amide bonds. The van der Waals surface area contributed by atoms with Gasteiger partial charge < -0.3 is 10.2 Å². The van der Waals surface area contributed by atoms with Crippen molar-refractivity contribution in [1.82, 2.24) is 5.32 Å². The van der Waals surface area contributed by atoms with Crippen molar-refractivity contribution in [2.45, 2.75) is 55.9 Å². The minimum Gasteiger partial charge on any atom is -0.370 e. The number of carbonyl (C=O) groups excluding carboxylic acids is 1. The second-order valence-corrected chi connectivity index (χ2v) is 7.45. The lowest BCUT2D eigenvalue weighted by molar-refractivity contribution is -0.122. The van der Waals surface area contributed by atoms with Gasteiger partial charge in [-0.3, -0.25) is 4.79 Å². The van der Waals surface area contributed by atoms with Crippen molar-refractivity contribution >= 4 is 23.4 Å². The van der Waals surface area contributed by atoms with Gasteiger partial charge in [-0.15, -0.1) is 11.8 Å². The molecule has 1 aromatic rings. The predicted molar refractivity (Wildman–Crippen MR) is 93.6 cm³/mol. The summed E-state index contributed by atoms with van der Waals surface area (Å²) in [5, 5.41) is 3.21. The van der Waals surface area contributed by atoms with Crippen LogP contribution in [0.1, 0.15) is 44.9 Å². The van der Waals surface area contributed by atoms with Gasteiger partial charge >= 0.3 is 0 Å². The summed E-state index contributed by atoms with van der Waals surface area (Å²) in [5.74, 6) is 1.39. The summed E-state index contributed by atoms with van der Waals surface area (Å²) in [5.41, 5.74) is 1.34. The van der Waals surface area contributed by atoms with Crippen molar-refractivity contribution in [3.63, 3.8) is 0 Å². The molecule has 120 valence electrons. The fourth-order valence-corrected chi connectivity index (χ4v) is 4.49. The molecule has 22 heavy (non-hydrogen) atoms. The number of para-hydroxylation sites is 1. The molecular formula is C18H26N2OS. The standard InChI is InChI=1S/C18H26N2OS/c21-18(19-15-7-2-1-3-8-15)11-6-12-20-13-14-22-17-10-5-4-9-16(17)20/h4-5,9-10,15H,1-3,6-8,11-14H2,(H,19,21). The molecule has 4 heteroatoms. The Labute approximate surface area is 137 Å². The van der Waals surface area contributed by atoms with Crippen LogP contribution in [0.3, 0.4) is 0 Å². The van der Waals surface area contributed by atoms with Crippen molar-refractivity contribution in [3.8, 4) is 0 Å². The molecule has 1 aromatic carbocycles. The Morgan fingerprint density at radius 3 is 2.91 bits per heavy atom. The summed E-state index contributed by atoms with van der Waals surface area (Å²) in [6.07, 6.45) is 7.81. The maximum Gasteiger partial charge on any atom is 0.220 e. The quantitative estimate of drug-likeness (QED) is 0.895. The molecule has 1 N–H and O–H groups in total. The van der Waals surface area contributed by atoms with Crippen LogP contribution >= 0.6 is 11.8 Å². The highest BCUT2D eigenvalue weighted by Gasteiger charge is 2.18. The average molecular weight is 318 g/mol. The van der Waals surface area contributed by atoms with Crippen LogP contribution in [0.5, 0.6) is 0 Å². The minimum atomic E-state index is 0.242.